The number of rotatable bonds is 3. The molecule has 1 fully saturated rings. The van der Waals surface area contributed by atoms with Gasteiger partial charge in [0.25, 0.3) is 0 Å². The molecule has 94 valence electrons. The summed E-state index contributed by atoms with van der Waals surface area (Å²) in [6, 6.07) is 3.79. The molecule has 5 heteroatoms. The third kappa shape index (κ3) is 2.74. The molecule has 0 saturated carbocycles. The lowest BCUT2D eigenvalue weighted by Crippen LogP contribution is -2.44. The third-order valence-electron chi connectivity index (χ3n) is 3.02. The van der Waals surface area contributed by atoms with Crippen molar-refractivity contribution in [1.82, 2.24) is 4.98 Å². The summed E-state index contributed by atoms with van der Waals surface area (Å²) >= 11 is 0. The monoisotopic (exact) mass is 238 g/mol. The highest BCUT2D eigenvalue weighted by molar-refractivity contribution is 5.42. The van der Waals surface area contributed by atoms with Gasteiger partial charge >= 0.3 is 0 Å². The van der Waals surface area contributed by atoms with E-state index in [-0.39, 0.29) is 19.3 Å². The molecular formula is C12H18N2O3. The standard InChI is InChI=1S/C12H18N2O3/c1-9-10(7-15)2-3-12(13-9)14-4-5-17-11(6-14)8-16/h2-3,11,15-16H,4-8H2,1H3. The van der Waals surface area contributed by atoms with Gasteiger partial charge in [-0.3, -0.25) is 0 Å². The SMILES string of the molecule is Cc1nc(N2CCOC(CO)C2)ccc1CO. The molecule has 1 unspecified atom stereocenters. The van der Waals surface area contributed by atoms with Crippen molar-refractivity contribution in [1.29, 1.82) is 0 Å². The minimum atomic E-state index is -0.136. The van der Waals surface area contributed by atoms with E-state index in [9.17, 15) is 0 Å². The van der Waals surface area contributed by atoms with Crippen molar-refractivity contribution < 1.29 is 14.9 Å². The molecule has 0 amide bonds. The zero-order valence-electron chi connectivity index (χ0n) is 9.96. The van der Waals surface area contributed by atoms with Gasteiger partial charge in [-0.15, -0.1) is 0 Å². The van der Waals surface area contributed by atoms with Crippen molar-refractivity contribution in [3.8, 4) is 0 Å². The third-order valence-corrected chi connectivity index (χ3v) is 3.02. The maximum absolute atomic E-state index is 9.09. The van der Waals surface area contributed by atoms with Crippen LogP contribution in [0.3, 0.4) is 0 Å². The number of pyridine rings is 1. The minimum absolute atomic E-state index is 0.0154. The van der Waals surface area contributed by atoms with Crippen LogP contribution in [0, 0.1) is 6.92 Å². The maximum Gasteiger partial charge on any atom is 0.128 e. The molecule has 17 heavy (non-hydrogen) atoms. The summed E-state index contributed by atoms with van der Waals surface area (Å²) in [5.41, 5.74) is 1.69. The molecule has 5 nitrogen and oxygen atoms in total. The Balaban J connectivity index is 2.13. The predicted molar refractivity (Wildman–Crippen MR) is 63.9 cm³/mol. The van der Waals surface area contributed by atoms with Crippen LogP contribution in [-0.4, -0.2) is 47.6 Å². The Hall–Kier alpha value is -1.17. The van der Waals surface area contributed by atoms with E-state index in [1.807, 2.05) is 19.1 Å². The van der Waals surface area contributed by atoms with Gasteiger partial charge < -0.3 is 19.8 Å². The number of aliphatic hydroxyl groups is 2. The molecule has 2 rings (SSSR count). The van der Waals surface area contributed by atoms with Crippen molar-refractivity contribution in [2.45, 2.75) is 19.6 Å². The van der Waals surface area contributed by atoms with E-state index in [4.69, 9.17) is 14.9 Å². The normalized spacial score (nSPS) is 20.6. The average molecular weight is 238 g/mol. The van der Waals surface area contributed by atoms with Gasteiger partial charge in [-0.05, 0) is 18.6 Å². The second kappa shape index (κ2) is 5.44. The Labute approximate surface area is 101 Å². The first-order chi connectivity index (χ1) is 8.24. The van der Waals surface area contributed by atoms with Crippen LogP contribution in [0.25, 0.3) is 0 Å². The van der Waals surface area contributed by atoms with Crippen LogP contribution < -0.4 is 4.90 Å². The number of aliphatic hydroxyl groups excluding tert-OH is 2. The molecule has 1 aliphatic rings. The van der Waals surface area contributed by atoms with Gasteiger partial charge in [-0.1, -0.05) is 6.07 Å². The number of morpholine rings is 1. The highest BCUT2D eigenvalue weighted by atomic mass is 16.5. The molecule has 1 aromatic heterocycles. The first-order valence-corrected chi connectivity index (χ1v) is 5.79. The fraction of sp³-hybridized carbons (Fsp3) is 0.583. The van der Waals surface area contributed by atoms with E-state index in [0.29, 0.717) is 13.2 Å². The molecule has 0 spiro atoms. The van der Waals surface area contributed by atoms with E-state index in [1.165, 1.54) is 0 Å². The highest BCUT2D eigenvalue weighted by Crippen LogP contribution is 2.17. The molecular weight excluding hydrogens is 220 g/mol. The summed E-state index contributed by atoms with van der Waals surface area (Å²) < 4.78 is 5.39. The van der Waals surface area contributed by atoms with Gasteiger partial charge in [0.15, 0.2) is 0 Å². The summed E-state index contributed by atoms with van der Waals surface area (Å²) in [5.74, 6) is 0.876. The Bertz CT molecular complexity index is 384. The summed E-state index contributed by atoms with van der Waals surface area (Å²) in [4.78, 5) is 6.56. The fourth-order valence-electron chi connectivity index (χ4n) is 1.96. The Morgan fingerprint density at radius 1 is 1.47 bits per heavy atom. The molecule has 1 aliphatic heterocycles. The van der Waals surface area contributed by atoms with Crippen molar-refractivity contribution in [3.63, 3.8) is 0 Å². The van der Waals surface area contributed by atoms with E-state index >= 15 is 0 Å². The second-order valence-corrected chi connectivity index (χ2v) is 4.19. The number of anilines is 1. The zero-order valence-corrected chi connectivity index (χ0v) is 9.96. The molecule has 2 N–H and O–H groups in total. The molecule has 1 aromatic rings. The summed E-state index contributed by atoms with van der Waals surface area (Å²) in [7, 11) is 0. The molecule has 0 bridgehead atoms. The van der Waals surface area contributed by atoms with Crippen molar-refractivity contribution >= 4 is 5.82 Å². The summed E-state index contributed by atoms with van der Waals surface area (Å²) in [6.07, 6.45) is -0.136. The van der Waals surface area contributed by atoms with Crippen molar-refractivity contribution in [3.05, 3.63) is 23.4 Å². The van der Waals surface area contributed by atoms with Gasteiger partial charge in [-0.2, -0.15) is 0 Å². The quantitative estimate of drug-likeness (QED) is 0.780. The topological polar surface area (TPSA) is 65.8 Å². The van der Waals surface area contributed by atoms with Gasteiger partial charge in [0.2, 0.25) is 0 Å². The predicted octanol–water partition coefficient (Wildman–Crippen LogP) is 0.0798. The van der Waals surface area contributed by atoms with Crippen LogP contribution in [0.4, 0.5) is 5.82 Å². The number of aryl methyl sites for hydroxylation is 1. The zero-order chi connectivity index (χ0) is 12.3. The van der Waals surface area contributed by atoms with Crippen LogP contribution in [0.2, 0.25) is 0 Å². The number of hydrogen-bond acceptors (Lipinski definition) is 5. The minimum Gasteiger partial charge on any atom is -0.394 e. The van der Waals surface area contributed by atoms with Gasteiger partial charge in [0.05, 0.1) is 25.9 Å². The molecule has 0 radical (unpaired) electrons. The van der Waals surface area contributed by atoms with Gasteiger partial charge in [-0.25, -0.2) is 4.98 Å². The second-order valence-electron chi connectivity index (χ2n) is 4.19. The number of ether oxygens (including phenoxy) is 1. The molecule has 1 saturated heterocycles. The number of nitrogens with zero attached hydrogens (tertiary/aromatic N) is 2. The van der Waals surface area contributed by atoms with E-state index in [1.54, 1.807) is 0 Å². The lowest BCUT2D eigenvalue weighted by atomic mass is 10.2. The van der Waals surface area contributed by atoms with Crippen LogP contribution in [0.1, 0.15) is 11.3 Å². The van der Waals surface area contributed by atoms with Crippen molar-refractivity contribution in [2.24, 2.45) is 0 Å². The molecule has 1 atom stereocenters. The van der Waals surface area contributed by atoms with Crippen LogP contribution in [0.15, 0.2) is 12.1 Å². The Morgan fingerprint density at radius 3 is 2.94 bits per heavy atom. The van der Waals surface area contributed by atoms with E-state index in [2.05, 4.69) is 9.88 Å². The molecule has 2 heterocycles. The van der Waals surface area contributed by atoms with Gasteiger partial charge in [0.1, 0.15) is 5.82 Å². The average Bonchev–Trinajstić information content (AvgIpc) is 2.38. The first-order valence-electron chi connectivity index (χ1n) is 5.79. The van der Waals surface area contributed by atoms with Crippen LogP contribution in [0.5, 0.6) is 0 Å². The van der Waals surface area contributed by atoms with Crippen LogP contribution >= 0.6 is 0 Å². The molecule has 0 aromatic carbocycles. The van der Waals surface area contributed by atoms with E-state index in [0.717, 1.165) is 23.6 Å². The lowest BCUT2D eigenvalue weighted by molar-refractivity contribution is 0.00335. The van der Waals surface area contributed by atoms with Crippen LogP contribution in [-0.2, 0) is 11.3 Å². The highest BCUT2D eigenvalue weighted by Gasteiger charge is 2.20. The Morgan fingerprint density at radius 2 is 2.29 bits per heavy atom. The maximum atomic E-state index is 9.09. The largest absolute Gasteiger partial charge is 0.394 e. The summed E-state index contributed by atoms with van der Waals surface area (Å²) in [5, 5.41) is 18.2. The fourth-order valence-corrected chi connectivity index (χ4v) is 1.96. The number of aromatic nitrogens is 1. The van der Waals surface area contributed by atoms with Crippen molar-refractivity contribution in [2.75, 3.05) is 31.2 Å². The summed E-state index contributed by atoms with van der Waals surface area (Å²) in [6.45, 7) is 3.97. The Kier molecular flexibility index (Phi) is 3.93. The lowest BCUT2D eigenvalue weighted by Gasteiger charge is -2.33. The smallest absolute Gasteiger partial charge is 0.128 e. The van der Waals surface area contributed by atoms with E-state index < -0.39 is 0 Å². The molecule has 0 aliphatic carbocycles. The first kappa shape index (κ1) is 12.3. The number of hydrogen-bond donors (Lipinski definition) is 2. The van der Waals surface area contributed by atoms with Gasteiger partial charge in [0, 0.05) is 18.8 Å².